The topological polar surface area (TPSA) is 65.2 Å². The van der Waals surface area contributed by atoms with Gasteiger partial charge in [-0.1, -0.05) is 0 Å². The van der Waals surface area contributed by atoms with E-state index in [9.17, 15) is 18.0 Å². The Morgan fingerprint density at radius 1 is 1.56 bits per heavy atom. The fourth-order valence-corrected chi connectivity index (χ4v) is 1.52. The van der Waals surface area contributed by atoms with E-state index in [-0.39, 0.29) is 10.2 Å². The van der Waals surface area contributed by atoms with Crippen molar-refractivity contribution in [3.05, 3.63) is 21.9 Å². The Morgan fingerprint density at radius 3 is 2.56 bits per heavy atom. The number of carbonyl (C=O) groups is 1. The molecule has 1 rings (SSSR count). The molecule has 0 aliphatic heterocycles. The second kappa shape index (κ2) is 4.28. The van der Waals surface area contributed by atoms with E-state index < -0.39 is 23.5 Å². The van der Waals surface area contributed by atoms with Gasteiger partial charge in [-0.05, 0) is 22.0 Å². The van der Waals surface area contributed by atoms with Crippen molar-refractivity contribution in [1.29, 1.82) is 0 Å². The third-order valence-electron chi connectivity index (χ3n) is 1.65. The molecule has 1 aromatic rings. The van der Waals surface area contributed by atoms with Crippen molar-refractivity contribution in [3.63, 3.8) is 0 Å². The average Bonchev–Trinajstić information content (AvgIpc) is 2.14. The van der Waals surface area contributed by atoms with Crippen molar-refractivity contribution in [2.75, 3.05) is 12.8 Å². The van der Waals surface area contributed by atoms with Crippen molar-refractivity contribution in [2.24, 2.45) is 0 Å². The third kappa shape index (κ3) is 2.43. The number of methoxy groups -OCH3 is 1. The van der Waals surface area contributed by atoms with Crippen molar-refractivity contribution in [1.82, 2.24) is 4.98 Å². The number of anilines is 1. The van der Waals surface area contributed by atoms with Crippen LogP contribution in [0, 0.1) is 0 Å². The van der Waals surface area contributed by atoms with Crippen LogP contribution in [0.25, 0.3) is 0 Å². The molecule has 0 aliphatic rings. The molecule has 0 atom stereocenters. The van der Waals surface area contributed by atoms with Gasteiger partial charge in [0, 0.05) is 0 Å². The number of nitrogens with two attached hydrogens (primary N) is 1. The quantitative estimate of drug-likeness (QED) is 0.808. The van der Waals surface area contributed by atoms with Gasteiger partial charge >= 0.3 is 12.1 Å². The van der Waals surface area contributed by atoms with Crippen LogP contribution < -0.4 is 5.73 Å². The number of hydrogen-bond acceptors (Lipinski definition) is 4. The number of ether oxygens (including phenoxy) is 1. The number of esters is 1. The normalized spacial score (nSPS) is 11.3. The molecule has 0 aliphatic carbocycles. The van der Waals surface area contributed by atoms with E-state index >= 15 is 0 Å². The van der Waals surface area contributed by atoms with Gasteiger partial charge < -0.3 is 10.5 Å². The molecule has 1 heterocycles. The fraction of sp³-hybridized carbons (Fsp3) is 0.250. The lowest BCUT2D eigenvalue weighted by atomic mass is 10.2. The maximum absolute atomic E-state index is 12.4. The maximum Gasteiger partial charge on any atom is 0.434 e. The van der Waals surface area contributed by atoms with E-state index in [2.05, 4.69) is 25.7 Å². The van der Waals surface area contributed by atoms with E-state index in [1.165, 1.54) is 0 Å². The number of hydrogen-bond donors (Lipinski definition) is 1. The molecule has 0 saturated carbocycles. The highest BCUT2D eigenvalue weighted by Crippen LogP contribution is 2.34. The monoisotopic (exact) mass is 298 g/mol. The number of halogens is 4. The van der Waals surface area contributed by atoms with Crippen LogP contribution in [0.2, 0.25) is 0 Å². The fourth-order valence-electron chi connectivity index (χ4n) is 0.962. The molecule has 0 aromatic carbocycles. The summed E-state index contributed by atoms with van der Waals surface area (Å²) in [5.41, 5.74) is 3.38. The first-order valence-electron chi connectivity index (χ1n) is 3.89. The zero-order valence-electron chi connectivity index (χ0n) is 7.93. The molecular formula is C8H6BrF3N2O2. The minimum atomic E-state index is -4.67. The van der Waals surface area contributed by atoms with Crippen LogP contribution in [0.5, 0.6) is 0 Å². The minimum absolute atomic E-state index is 0.188. The van der Waals surface area contributed by atoms with Crippen LogP contribution in [-0.4, -0.2) is 18.1 Å². The molecule has 0 bridgehead atoms. The second-order valence-corrected chi connectivity index (χ2v) is 3.60. The predicted octanol–water partition coefficient (Wildman–Crippen LogP) is 2.23. The minimum Gasteiger partial charge on any atom is -0.464 e. The highest BCUT2D eigenvalue weighted by molar-refractivity contribution is 9.10. The lowest BCUT2D eigenvalue weighted by Gasteiger charge is -2.10. The van der Waals surface area contributed by atoms with Crippen molar-refractivity contribution >= 4 is 27.6 Å². The number of alkyl halides is 3. The van der Waals surface area contributed by atoms with Gasteiger partial charge in [0.15, 0.2) is 11.4 Å². The molecule has 0 unspecified atom stereocenters. The van der Waals surface area contributed by atoms with Gasteiger partial charge in [-0.15, -0.1) is 0 Å². The van der Waals surface area contributed by atoms with Crippen LogP contribution >= 0.6 is 15.9 Å². The van der Waals surface area contributed by atoms with Crippen LogP contribution in [0.3, 0.4) is 0 Å². The Hall–Kier alpha value is -1.31. The number of pyridine rings is 1. The molecule has 0 fully saturated rings. The maximum atomic E-state index is 12.4. The Kier molecular flexibility index (Phi) is 3.41. The first-order chi connectivity index (χ1) is 7.27. The van der Waals surface area contributed by atoms with Crippen molar-refractivity contribution in [3.8, 4) is 0 Å². The molecule has 88 valence electrons. The molecule has 4 nitrogen and oxygen atoms in total. The molecule has 0 radical (unpaired) electrons. The summed E-state index contributed by atoms with van der Waals surface area (Å²) in [5, 5.41) is 0. The standard InChI is InChI=1S/C8H6BrF3N2O2/c1-16-7(15)5-4(13)2-3(9)6(14-5)8(10,11)12/h2H,13H2,1H3. The van der Waals surface area contributed by atoms with Gasteiger partial charge in [0.25, 0.3) is 0 Å². The van der Waals surface area contributed by atoms with E-state index in [4.69, 9.17) is 5.73 Å². The lowest BCUT2D eigenvalue weighted by molar-refractivity contribution is -0.141. The summed E-state index contributed by atoms with van der Waals surface area (Å²) in [6, 6.07) is 0.960. The highest BCUT2D eigenvalue weighted by Gasteiger charge is 2.36. The molecule has 2 N–H and O–H groups in total. The number of nitrogens with zero attached hydrogens (tertiary/aromatic N) is 1. The van der Waals surface area contributed by atoms with E-state index in [0.29, 0.717) is 0 Å². The Labute approximate surface area is 96.7 Å². The largest absolute Gasteiger partial charge is 0.464 e. The average molecular weight is 299 g/mol. The van der Waals surface area contributed by atoms with Crippen LogP contribution in [0.1, 0.15) is 16.2 Å². The number of aromatic nitrogens is 1. The lowest BCUT2D eigenvalue weighted by Crippen LogP contribution is -2.15. The van der Waals surface area contributed by atoms with Gasteiger partial charge in [0.2, 0.25) is 0 Å². The van der Waals surface area contributed by atoms with E-state index in [1.807, 2.05) is 0 Å². The van der Waals surface area contributed by atoms with Crippen LogP contribution in [-0.2, 0) is 10.9 Å². The van der Waals surface area contributed by atoms with E-state index in [0.717, 1.165) is 13.2 Å². The summed E-state index contributed by atoms with van der Waals surface area (Å²) in [6.07, 6.45) is -4.67. The predicted molar refractivity (Wildman–Crippen MR) is 52.7 cm³/mol. The SMILES string of the molecule is COC(=O)c1nc(C(F)(F)F)c(Br)cc1N. The number of nitrogen functional groups attached to an aromatic ring is 1. The van der Waals surface area contributed by atoms with Gasteiger partial charge in [-0.2, -0.15) is 13.2 Å². The molecule has 0 saturated heterocycles. The first-order valence-corrected chi connectivity index (χ1v) is 4.68. The summed E-state index contributed by atoms with van der Waals surface area (Å²) >= 11 is 2.67. The highest BCUT2D eigenvalue weighted by atomic mass is 79.9. The summed E-state index contributed by atoms with van der Waals surface area (Å²) in [5.74, 6) is -1.02. The third-order valence-corrected chi connectivity index (χ3v) is 2.26. The molecular weight excluding hydrogens is 293 g/mol. The Morgan fingerprint density at radius 2 is 2.12 bits per heavy atom. The van der Waals surface area contributed by atoms with Gasteiger partial charge in [0.05, 0.1) is 17.3 Å². The zero-order valence-corrected chi connectivity index (χ0v) is 9.52. The summed E-state index contributed by atoms with van der Waals surface area (Å²) in [4.78, 5) is 14.2. The van der Waals surface area contributed by atoms with Crippen molar-refractivity contribution in [2.45, 2.75) is 6.18 Å². The zero-order chi connectivity index (χ0) is 12.5. The van der Waals surface area contributed by atoms with Crippen LogP contribution in [0.15, 0.2) is 10.5 Å². The Balaban J connectivity index is 3.39. The molecule has 8 heteroatoms. The van der Waals surface area contributed by atoms with Gasteiger partial charge in [-0.25, -0.2) is 9.78 Å². The van der Waals surface area contributed by atoms with Gasteiger partial charge in [0.1, 0.15) is 0 Å². The molecule has 0 spiro atoms. The molecule has 1 aromatic heterocycles. The smallest absolute Gasteiger partial charge is 0.434 e. The van der Waals surface area contributed by atoms with Crippen LogP contribution in [0.4, 0.5) is 18.9 Å². The number of rotatable bonds is 1. The summed E-state index contributed by atoms with van der Waals surface area (Å²) in [6.45, 7) is 0. The van der Waals surface area contributed by atoms with E-state index in [1.54, 1.807) is 0 Å². The summed E-state index contributed by atoms with van der Waals surface area (Å²) < 4.78 is 41.3. The van der Waals surface area contributed by atoms with Crippen molar-refractivity contribution < 1.29 is 22.7 Å². The first kappa shape index (κ1) is 12.8. The summed E-state index contributed by atoms with van der Waals surface area (Å²) in [7, 11) is 1.03. The molecule has 16 heavy (non-hydrogen) atoms. The number of carbonyl (C=O) groups excluding carboxylic acids is 1. The second-order valence-electron chi connectivity index (χ2n) is 2.75. The Bertz CT molecular complexity index is 434. The molecule has 0 amide bonds. The van der Waals surface area contributed by atoms with Gasteiger partial charge in [-0.3, -0.25) is 0 Å².